The minimum absolute atomic E-state index is 0.0887. The van der Waals surface area contributed by atoms with Gasteiger partial charge in [-0.1, -0.05) is 6.07 Å². The van der Waals surface area contributed by atoms with Crippen molar-refractivity contribution < 1.29 is 28.2 Å². The number of halogens is 2. The van der Waals surface area contributed by atoms with Gasteiger partial charge < -0.3 is 14.7 Å². The Kier molecular flexibility index (Phi) is 5.11. The Balaban J connectivity index is 2.20. The first-order valence-corrected chi connectivity index (χ1v) is 7.79. The van der Waals surface area contributed by atoms with Gasteiger partial charge in [0.2, 0.25) is 0 Å². The molecular formula is C17H21F2NO4. The van der Waals surface area contributed by atoms with Gasteiger partial charge in [-0.25, -0.2) is 18.4 Å². The van der Waals surface area contributed by atoms with Crippen molar-refractivity contribution in [1.29, 1.82) is 0 Å². The third-order valence-corrected chi connectivity index (χ3v) is 3.86. The minimum Gasteiger partial charge on any atom is -0.478 e. The molecule has 0 radical (unpaired) electrons. The predicted molar refractivity (Wildman–Crippen MR) is 83.1 cm³/mol. The molecule has 1 N–H and O–H groups in total. The molecule has 1 saturated heterocycles. The third kappa shape index (κ3) is 4.01. The first kappa shape index (κ1) is 18.2. The summed E-state index contributed by atoms with van der Waals surface area (Å²) in [5.74, 6) is -4.44. The van der Waals surface area contributed by atoms with Gasteiger partial charge in [0.1, 0.15) is 5.60 Å². The maximum absolute atomic E-state index is 14.2. The Morgan fingerprint density at radius 2 is 1.92 bits per heavy atom. The summed E-state index contributed by atoms with van der Waals surface area (Å²) in [4.78, 5) is 24.5. The summed E-state index contributed by atoms with van der Waals surface area (Å²) in [7, 11) is 0. The number of carbonyl (C=O) groups excluding carboxylic acids is 1. The molecular weight excluding hydrogens is 320 g/mol. The first-order valence-electron chi connectivity index (χ1n) is 7.79. The van der Waals surface area contributed by atoms with E-state index in [4.69, 9.17) is 9.84 Å². The second-order valence-corrected chi connectivity index (χ2v) is 6.90. The lowest BCUT2D eigenvalue weighted by Crippen LogP contribution is -2.42. The van der Waals surface area contributed by atoms with Crippen molar-refractivity contribution >= 4 is 12.1 Å². The van der Waals surface area contributed by atoms with Gasteiger partial charge in [0.15, 0.2) is 11.6 Å². The van der Waals surface area contributed by atoms with Crippen molar-refractivity contribution in [3.05, 3.63) is 34.9 Å². The Morgan fingerprint density at radius 3 is 2.50 bits per heavy atom. The summed E-state index contributed by atoms with van der Waals surface area (Å²) in [5, 5.41) is 8.84. The molecule has 1 amide bonds. The van der Waals surface area contributed by atoms with Crippen LogP contribution in [0.15, 0.2) is 12.1 Å². The maximum atomic E-state index is 14.2. The van der Waals surface area contributed by atoms with Crippen LogP contribution < -0.4 is 0 Å². The summed E-state index contributed by atoms with van der Waals surface area (Å²) < 4.78 is 33.4. The molecule has 1 fully saturated rings. The fraction of sp³-hybridized carbons (Fsp3) is 0.529. The van der Waals surface area contributed by atoms with Crippen LogP contribution >= 0.6 is 0 Å². The predicted octanol–water partition coefficient (Wildman–Crippen LogP) is 3.78. The summed E-state index contributed by atoms with van der Waals surface area (Å²) in [5.41, 5.74) is -1.24. The second kappa shape index (κ2) is 6.75. The van der Waals surface area contributed by atoms with Gasteiger partial charge in [0, 0.05) is 19.0 Å². The fourth-order valence-electron chi connectivity index (χ4n) is 2.77. The highest BCUT2D eigenvalue weighted by atomic mass is 19.2. The van der Waals surface area contributed by atoms with Gasteiger partial charge in [-0.05, 0) is 45.2 Å². The third-order valence-electron chi connectivity index (χ3n) is 3.86. The molecule has 24 heavy (non-hydrogen) atoms. The molecule has 0 spiro atoms. The maximum Gasteiger partial charge on any atom is 0.410 e. The number of nitrogens with zero attached hydrogens (tertiary/aromatic N) is 1. The molecule has 1 atom stereocenters. The second-order valence-electron chi connectivity index (χ2n) is 6.90. The highest BCUT2D eigenvalue weighted by Crippen LogP contribution is 2.31. The number of likely N-dealkylation sites (tertiary alicyclic amines) is 1. The number of rotatable bonds is 2. The van der Waals surface area contributed by atoms with E-state index in [-0.39, 0.29) is 12.1 Å². The Bertz CT molecular complexity index is 655. The molecule has 7 heteroatoms. The minimum atomic E-state index is -1.52. The lowest BCUT2D eigenvalue weighted by Gasteiger charge is -2.34. The van der Waals surface area contributed by atoms with Crippen molar-refractivity contribution in [2.24, 2.45) is 0 Å². The Labute approximate surface area is 139 Å². The van der Waals surface area contributed by atoms with Crippen LogP contribution in [0.3, 0.4) is 0 Å². The molecule has 0 aliphatic carbocycles. The van der Waals surface area contributed by atoms with Crippen LogP contribution in [0.25, 0.3) is 0 Å². The lowest BCUT2D eigenvalue weighted by atomic mass is 9.89. The molecule has 1 aromatic carbocycles. The number of hydrogen-bond donors (Lipinski definition) is 1. The van der Waals surface area contributed by atoms with Gasteiger partial charge in [-0.2, -0.15) is 0 Å². The van der Waals surface area contributed by atoms with E-state index >= 15 is 0 Å². The number of carbonyl (C=O) groups is 2. The fourth-order valence-corrected chi connectivity index (χ4v) is 2.77. The van der Waals surface area contributed by atoms with Crippen LogP contribution in [0.2, 0.25) is 0 Å². The van der Waals surface area contributed by atoms with Crippen LogP contribution in [0.1, 0.15) is 55.5 Å². The van der Waals surface area contributed by atoms with Crippen LogP contribution in [0, 0.1) is 11.6 Å². The van der Waals surface area contributed by atoms with E-state index in [1.807, 2.05) is 0 Å². The average Bonchev–Trinajstić information content (AvgIpc) is 2.48. The van der Waals surface area contributed by atoms with E-state index in [0.717, 1.165) is 6.07 Å². The molecule has 1 unspecified atom stereocenters. The molecule has 132 valence electrons. The van der Waals surface area contributed by atoms with Crippen LogP contribution in [0.4, 0.5) is 13.6 Å². The van der Waals surface area contributed by atoms with Gasteiger partial charge >= 0.3 is 12.1 Å². The number of carboxylic acids is 1. The quantitative estimate of drug-likeness (QED) is 0.889. The standard InChI is InChI=1S/C17H21F2NO4/c1-17(2,3)24-16(23)20-8-4-5-10(9-20)11-6-7-12(15(21)22)14(19)13(11)18/h6-7,10H,4-5,8-9H2,1-3H3,(H,21,22). The van der Waals surface area contributed by atoms with E-state index in [9.17, 15) is 18.4 Å². The first-order chi connectivity index (χ1) is 11.1. The molecule has 1 heterocycles. The van der Waals surface area contributed by atoms with E-state index in [1.165, 1.54) is 11.0 Å². The number of carboxylic acid groups (broad SMARTS) is 1. The largest absolute Gasteiger partial charge is 0.478 e. The molecule has 0 bridgehead atoms. The monoisotopic (exact) mass is 341 g/mol. The Morgan fingerprint density at radius 1 is 1.25 bits per heavy atom. The van der Waals surface area contributed by atoms with Crippen molar-refractivity contribution in [2.75, 3.05) is 13.1 Å². The van der Waals surface area contributed by atoms with Gasteiger partial charge in [0.25, 0.3) is 0 Å². The zero-order valence-electron chi connectivity index (χ0n) is 13.9. The number of piperidine rings is 1. The lowest BCUT2D eigenvalue weighted by molar-refractivity contribution is 0.0197. The van der Waals surface area contributed by atoms with Crippen molar-refractivity contribution in [3.63, 3.8) is 0 Å². The molecule has 1 aromatic rings. The molecule has 1 aliphatic rings. The van der Waals surface area contributed by atoms with Gasteiger partial charge in [-0.15, -0.1) is 0 Å². The van der Waals surface area contributed by atoms with Crippen molar-refractivity contribution in [2.45, 2.75) is 45.1 Å². The number of amides is 1. The number of benzene rings is 1. The topological polar surface area (TPSA) is 66.8 Å². The normalized spacial score (nSPS) is 18.4. The van der Waals surface area contributed by atoms with Crippen molar-refractivity contribution in [3.8, 4) is 0 Å². The zero-order chi connectivity index (χ0) is 18.1. The zero-order valence-corrected chi connectivity index (χ0v) is 13.9. The van der Waals surface area contributed by atoms with Gasteiger partial charge in [-0.3, -0.25) is 0 Å². The number of ether oxygens (including phenoxy) is 1. The Hall–Kier alpha value is -2.18. The van der Waals surface area contributed by atoms with Crippen LogP contribution in [-0.4, -0.2) is 40.8 Å². The number of aromatic carboxylic acids is 1. The van der Waals surface area contributed by atoms with E-state index < -0.39 is 40.8 Å². The van der Waals surface area contributed by atoms with Crippen LogP contribution in [-0.2, 0) is 4.74 Å². The van der Waals surface area contributed by atoms with Crippen LogP contribution in [0.5, 0.6) is 0 Å². The highest BCUT2D eigenvalue weighted by molar-refractivity contribution is 5.88. The van der Waals surface area contributed by atoms with E-state index in [2.05, 4.69) is 0 Å². The molecule has 1 aliphatic heterocycles. The number of hydrogen-bond acceptors (Lipinski definition) is 3. The molecule has 0 aromatic heterocycles. The summed E-state index contributed by atoms with van der Waals surface area (Å²) in [6.45, 7) is 5.96. The molecule has 5 nitrogen and oxygen atoms in total. The summed E-state index contributed by atoms with van der Waals surface area (Å²) >= 11 is 0. The smallest absolute Gasteiger partial charge is 0.410 e. The highest BCUT2D eigenvalue weighted by Gasteiger charge is 2.31. The van der Waals surface area contributed by atoms with Gasteiger partial charge in [0.05, 0.1) is 5.56 Å². The average molecular weight is 341 g/mol. The molecule has 0 saturated carbocycles. The summed E-state index contributed by atoms with van der Waals surface area (Å²) in [6.07, 6.45) is 0.725. The van der Waals surface area contributed by atoms with Crippen molar-refractivity contribution in [1.82, 2.24) is 4.90 Å². The summed E-state index contributed by atoms with van der Waals surface area (Å²) in [6, 6.07) is 2.34. The molecule has 2 rings (SSSR count). The SMILES string of the molecule is CC(C)(C)OC(=O)N1CCCC(c2ccc(C(=O)O)c(F)c2F)C1. The van der Waals surface area contributed by atoms with E-state index in [1.54, 1.807) is 20.8 Å². The van der Waals surface area contributed by atoms with E-state index in [0.29, 0.717) is 19.4 Å².